The first-order valence-electron chi connectivity index (χ1n) is 4.24. The van der Waals surface area contributed by atoms with Crippen molar-refractivity contribution in [3.8, 4) is 6.07 Å². The number of aromatic amines is 1. The van der Waals surface area contributed by atoms with Crippen molar-refractivity contribution in [3.63, 3.8) is 0 Å². The van der Waals surface area contributed by atoms with Crippen molar-refractivity contribution in [1.29, 1.82) is 5.26 Å². The maximum absolute atomic E-state index is 11.3. The summed E-state index contributed by atoms with van der Waals surface area (Å²) in [6, 6.07) is 9.17. The average molecular weight is 184 g/mol. The first-order chi connectivity index (χ1) is 6.70. The number of pyridine rings is 1. The molecule has 0 amide bonds. The fourth-order valence-corrected chi connectivity index (χ4v) is 1.41. The molecule has 0 bridgehead atoms. The third-order valence-corrected chi connectivity index (χ3v) is 2.12. The van der Waals surface area contributed by atoms with Crippen LogP contribution in [0.5, 0.6) is 0 Å². The van der Waals surface area contributed by atoms with Crippen LogP contribution in [-0.4, -0.2) is 4.98 Å². The zero-order chi connectivity index (χ0) is 10.1. The molecular formula is C11H8N2O. The molecule has 1 aromatic carbocycles. The van der Waals surface area contributed by atoms with Crippen LogP contribution in [0.15, 0.2) is 29.1 Å². The summed E-state index contributed by atoms with van der Waals surface area (Å²) in [5.41, 5.74) is 1.69. The van der Waals surface area contributed by atoms with Gasteiger partial charge < -0.3 is 4.98 Å². The first-order valence-corrected chi connectivity index (χ1v) is 4.24. The van der Waals surface area contributed by atoms with Gasteiger partial charge in [0.15, 0.2) is 0 Å². The smallest absolute Gasteiger partial charge is 0.266 e. The van der Waals surface area contributed by atoms with Crippen molar-refractivity contribution in [2.75, 3.05) is 0 Å². The lowest BCUT2D eigenvalue weighted by Crippen LogP contribution is -2.09. The number of aryl methyl sites for hydroxylation is 1. The van der Waals surface area contributed by atoms with E-state index in [1.807, 2.05) is 31.2 Å². The van der Waals surface area contributed by atoms with Crippen molar-refractivity contribution in [1.82, 2.24) is 4.98 Å². The molecule has 1 N–H and O–H groups in total. The van der Waals surface area contributed by atoms with Gasteiger partial charge in [-0.2, -0.15) is 5.26 Å². The van der Waals surface area contributed by atoms with Crippen LogP contribution in [0.1, 0.15) is 11.1 Å². The Balaban J connectivity index is 2.89. The number of H-pyrrole nitrogens is 1. The number of hydrogen-bond donors (Lipinski definition) is 1. The van der Waals surface area contributed by atoms with Crippen LogP contribution in [0.25, 0.3) is 10.9 Å². The molecule has 0 saturated heterocycles. The highest BCUT2D eigenvalue weighted by Gasteiger charge is 2.00. The molecule has 0 atom stereocenters. The Morgan fingerprint density at radius 3 is 2.86 bits per heavy atom. The molecule has 0 aliphatic heterocycles. The molecule has 0 saturated carbocycles. The van der Waals surface area contributed by atoms with E-state index in [4.69, 9.17) is 5.26 Å². The Bertz CT molecular complexity index is 590. The summed E-state index contributed by atoms with van der Waals surface area (Å²) in [7, 11) is 0. The lowest BCUT2D eigenvalue weighted by atomic mass is 10.1. The van der Waals surface area contributed by atoms with Gasteiger partial charge in [0.25, 0.3) is 5.56 Å². The van der Waals surface area contributed by atoms with Crippen molar-refractivity contribution in [2.24, 2.45) is 0 Å². The fraction of sp³-hybridized carbons (Fsp3) is 0.0909. The van der Waals surface area contributed by atoms with Gasteiger partial charge in [0.1, 0.15) is 11.6 Å². The van der Waals surface area contributed by atoms with Crippen LogP contribution in [0.2, 0.25) is 0 Å². The van der Waals surface area contributed by atoms with E-state index in [0.29, 0.717) is 0 Å². The van der Waals surface area contributed by atoms with Gasteiger partial charge in [-0.25, -0.2) is 0 Å². The lowest BCUT2D eigenvalue weighted by Gasteiger charge is -1.99. The van der Waals surface area contributed by atoms with Gasteiger partial charge >= 0.3 is 0 Å². The molecule has 0 aliphatic rings. The largest absolute Gasteiger partial charge is 0.321 e. The second kappa shape index (κ2) is 3.00. The minimum atomic E-state index is -0.330. The Morgan fingerprint density at radius 2 is 2.14 bits per heavy atom. The number of aromatic nitrogens is 1. The van der Waals surface area contributed by atoms with Gasteiger partial charge in [-0.3, -0.25) is 4.79 Å². The zero-order valence-corrected chi connectivity index (χ0v) is 7.66. The third-order valence-electron chi connectivity index (χ3n) is 2.12. The lowest BCUT2D eigenvalue weighted by molar-refractivity contribution is 1.27. The highest BCUT2D eigenvalue weighted by Crippen LogP contribution is 2.12. The molecule has 3 nitrogen and oxygen atoms in total. The van der Waals surface area contributed by atoms with Crippen molar-refractivity contribution in [3.05, 3.63) is 45.7 Å². The van der Waals surface area contributed by atoms with Crippen molar-refractivity contribution in [2.45, 2.75) is 6.92 Å². The quantitative estimate of drug-likeness (QED) is 0.677. The van der Waals surface area contributed by atoms with Crippen LogP contribution in [-0.2, 0) is 0 Å². The van der Waals surface area contributed by atoms with E-state index in [2.05, 4.69) is 4.98 Å². The predicted molar refractivity (Wildman–Crippen MR) is 54.0 cm³/mol. The maximum atomic E-state index is 11.3. The standard InChI is InChI=1S/C11H8N2O/c1-7-2-3-10-8(4-7)5-9(6-12)11(14)13-10/h2-5H,1H3,(H,13,14). The Labute approximate surface area is 80.6 Å². The van der Waals surface area contributed by atoms with Crippen molar-refractivity contribution >= 4 is 10.9 Å². The summed E-state index contributed by atoms with van der Waals surface area (Å²) < 4.78 is 0. The summed E-state index contributed by atoms with van der Waals surface area (Å²) in [5, 5.41) is 9.57. The number of nitrogens with one attached hydrogen (secondary N) is 1. The molecule has 3 heteroatoms. The molecule has 1 heterocycles. The highest BCUT2D eigenvalue weighted by atomic mass is 16.1. The minimum Gasteiger partial charge on any atom is -0.321 e. The molecule has 0 radical (unpaired) electrons. The molecule has 0 aliphatic carbocycles. The topological polar surface area (TPSA) is 56.6 Å². The van der Waals surface area contributed by atoms with Crippen LogP contribution >= 0.6 is 0 Å². The summed E-state index contributed by atoms with van der Waals surface area (Å²) in [4.78, 5) is 13.9. The Hall–Kier alpha value is -2.08. The maximum Gasteiger partial charge on any atom is 0.266 e. The van der Waals surface area contributed by atoms with Gasteiger partial charge in [0.05, 0.1) is 0 Å². The molecule has 0 fully saturated rings. The molecule has 68 valence electrons. The van der Waals surface area contributed by atoms with Gasteiger partial charge in [-0.05, 0) is 30.5 Å². The van der Waals surface area contributed by atoms with E-state index in [9.17, 15) is 4.79 Å². The number of fused-ring (bicyclic) bond motifs is 1. The number of benzene rings is 1. The molecule has 2 aromatic rings. The van der Waals surface area contributed by atoms with E-state index < -0.39 is 0 Å². The van der Waals surface area contributed by atoms with E-state index in [1.165, 1.54) is 0 Å². The van der Waals surface area contributed by atoms with Crippen LogP contribution in [0.4, 0.5) is 0 Å². The van der Waals surface area contributed by atoms with E-state index in [-0.39, 0.29) is 11.1 Å². The second-order valence-electron chi connectivity index (χ2n) is 3.21. The fourth-order valence-electron chi connectivity index (χ4n) is 1.41. The summed E-state index contributed by atoms with van der Waals surface area (Å²) in [6.07, 6.45) is 0. The van der Waals surface area contributed by atoms with Gasteiger partial charge in [-0.15, -0.1) is 0 Å². The Morgan fingerprint density at radius 1 is 1.36 bits per heavy atom. The SMILES string of the molecule is Cc1ccc2[nH]c(=O)c(C#N)cc2c1. The van der Waals surface area contributed by atoms with Crippen LogP contribution < -0.4 is 5.56 Å². The minimum absolute atomic E-state index is 0.156. The number of nitriles is 1. The number of nitrogens with zero attached hydrogens (tertiary/aromatic N) is 1. The monoisotopic (exact) mass is 184 g/mol. The van der Waals surface area contributed by atoms with Crippen molar-refractivity contribution < 1.29 is 0 Å². The average Bonchev–Trinajstić information content (AvgIpc) is 2.17. The third kappa shape index (κ3) is 1.27. The molecule has 0 spiro atoms. The molecule has 14 heavy (non-hydrogen) atoms. The summed E-state index contributed by atoms with van der Waals surface area (Å²) >= 11 is 0. The Kier molecular flexibility index (Phi) is 1.83. The van der Waals surface area contributed by atoms with Gasteiger partial charge in [0, 0.05) is 5.52 Å². The second-order valence-corrected chi connectivity index (χ2v) is 3.21. The van der Waals surface area contributed by atoms with E-state index in [1.54, 1.807) is 6.07 Å². The molecular weight excluding hydrogens is 176 g/mol. The predicted octanol–water partition coefficient (Wildman–Crippen LogP) is 1.71. The molecule has 0 unspecified atom stereocenters. The van der Waals surface area contributed by atoms with Crippen LogP contribution in [0, 0.1) is 18.3 Å². The van der Waals surface area contributed by atoms with Gasteiger partial charge in [-0.1, -0.05) is 11.6 Å². The number of rotatable bonds is 0. The zero-order valence-electron chi connectivity index (χ0n) is 7.66. The van der Waals surface area contributed by atoms with E-state index >= 15 is 0 Å². The normalized spacial score (nSPS) is 10.0. The van der Waals surface area contributed by atoms with Gasteiger partial charge in [0.2, 0.25) is 0 Å². The van der Waals surface area contributed by atoms with Crippen LogP contribution in [0.3, 0.4) is 0 Å². The van der Waals surface area contributed by atoms with E-state index in [0.717, 1.165) is 16.5 Å². The molecule has 2 rings (SSSR count). The highest BCUT2D eigenvalue weighted by molar-refractivity contribution is 5.80. The summed E-state index contributed by atoms with van der Waals surface area (Å²) in [5.74, 6) is 0. The number of hydrogen-bond acceptors (Lipinski definition) is 2. The summed E-state index contributed by atoms with van der Waals surface area (Å²) in [6.45, 7) is 1.97. The molecule has 1 aromatic heterocycles. The first kappa shape index (κ1) is 8.52.